The molecular weight excluding hydrogens is 408 g/mol. The van der Waals surface area contributed by atoms with Crippen molar-refractivity contribution in [2.75, 3.05) is 20.1 Å². The molecule has 1 unspecified atom stereocenters. The first kappa shape index (κ1) is 27.3. The number of aliphatic hydroxyl groups excluding tert-OH is 1. The van der Waals surface area contributed by atoms with E-state index in [1.165, 1.54) is 11.1 Å². The third-order valence-electron chi connectivity index (χ3n) is 7.23. The number of nitrogens with zero attached hydrogens (tertiary/aromatic N) is 1. The normalized spacial score (nSPS) is 23.9. The molecule has 1 fully saturated rings. The Kier molecular flexibility index (Phi) is 9.93. The zero-order valence-electron chi connectivity index (χ0n) is 21.8. The van der Waals surface area contributed by atoms with E-state index < -0.39 is 6.23 Å². The van der Waals surface area contributed by atoms with Crippen LogP contribution in [-0.4, -0.2) is 42.3 Å². The minimum atomic E-state index is -0.795. The monoisotopic (exact) mass is 454 g/mol. The summed E-state index contributed by atoms with van der Waals surface area (Å²) in [6, 6.07) is 10.9. The summed E-state index contributed by atoms with van der Waals surface area (Å²) < 4.78 is 0. The van der Waals surface area contributed by atoms with Crippen LogP contribution in [0.2, 0.25) is 0 Å². The smallest absolute Gasteiger partial charge is 0.234 e. The molecule has 1 aliphatic carbocycles. The Bertz CT molecular complexity index is 800. The standard InChI is InChI=1S/C29H46N2O2/c1-22(2)13-14-24(5)27(33)31(20-26(32)30-7)21-28(6)15-17-29(18-16-28,19-23(3)4)25-11-9-8-10-12-25/h8-12,19,22,27,33H,5,13-18,20-21H2,1-4,6-7H3,(H,30,32). The molecule has 0 spiro atoms. The summed E-state index contributed by atoms with van der Waals surface area (Å²) >= 11 is 0. The van der Waals surface area contributed by atoms with E-state index in [2.05, 4.69) is 82.9 Å². The lowest BCUT2D eigenvalue weighted by Crippen LogP contribution is -2.49. The third-order valence-corrected chi connectivity index (χ3v) is 7.23. The Balaban J connectivity index is 2.19. The second kappa shape index (κ2) is 12.0. The molecule has 0 aliphatic heterocycles. The first-order valence-corrected chi connectivity index (χ1v) is 12.5. The van der Waals surface area contributed by atoms with Crippen LogP contribution in [0.1, 0.15) is 78.7 Å². The van der Waals surface area contributed by atoms with Gasteiger partial charge >= 0.3 is 0 Å². The average molecular weight is 455 g/mol. The second-order valence-electron chi connectivity index (χ2n) is 11.1. The van der Waals surface area contributed by atoms with Crippen LogP contribution in [0.3, 0.4) is 0 Å². The summed E-state index contributed by atoms with van der Waals surface area (Å²) in [6.07, 6.45) is 7.64. The average Bonchev–Trinajstić information content (AvgIpc) is 2.78. The number of amides is 1. The Morgan fingerprint density at radius 3 is 2.30 bits per heavy atom. The molecule has 0 radical (unpaired) electrons. The summed E-state index contributed by atoms with van der Waals surface area (Å²) in [5.74, 6) is 0.478. The molecule has 2 N–H and O–H groups in total. The zero-order valence-corrected chi connectivity index (χ0v) is 21.8. The zero-order chi connectivity index (χ0) is 24.6. The van der Waals surface area contributed by atoms with Crippen molar-refractivity contribution >= 4 is 5.91 Å². The lowest BCUT2D eigenvalue weighted by atomic mass is 9.61. The fourth-order valence-electron chi connectivity index (χ4n) is 5.14. The van der Waals surface area contributed by atoms with Gasteiger partial charge in [-0.1, -0.05) is 69.3 Å². The van der Waals surface area contributed by atoms with Gasteiger partial charge in [0.25, 0.3) is 0 Å². The third kappa shape index (κ3) is 7.82. The molecule has 0 bridgehead atoms. The van der Waals surface area contributed by atoms with Crippen LogP contribution in [0.25, 0.3) is 0 Å². The van der Waals surface area contributed by atoms with Crippen molar-refractivity contribution in [3.8, 4) is 0 Å². The van der Waals surface area contributed by atoms with Gasteiger partial charge in [-0.25, -0.2) is 0 Å². The maximum atomic E-state index is 12.3. The van der Waals surface area contributed by atoms with Gasteiger partial charge < -0.3 is 10.4 Å². The van der Waals surface area contributed by atoms with E-state index in [9.17, 15) is 9.90 Å². The summed E-state index contributed by atoms with van der Waals surface area (Å²) in [5.41, 5.74) is 3.62. The van der Waals surface area contributed by atoms with Gasteiger partial charge in [0.2, 0.25) is 5.91 Å². The van der Waals surface area contributed by atoms with Crippen molar-refractivity contribution in [1.82, 2.24) is 10.2 Å². The molecule has 1 atom stereocenters. The predicted octanol–water partition coefficient (Wildman–Crippen LogP) is 5.83. The molecular formula is C29H46N2O2. The van der Waals surface area contributed by atoms with E-state index in [4.69, 9.17) is 0 Å². The highest BCUT2D eigenvalue weighted by Crippen LogP contribution is 2.48. The molecule has 1 saturated carbocycles. The quantitative estimate of drug-likeness (QED) is 0.327. The van der Waals surface area contributed by atoms with Gasteiger partial charge in [-0.05, 0) is 74.8 Å². The topological polar surface area (TPSA) is 52.6 Å². The number of hydrogen-bond acceptors (Lipinski definition) is 3. The largest absolute Gasteiger partial charge is 0.374 e. The highest BCUT2D eigenvalue weighted by molar-refractivity contribution is 5.77. The van der Waals surface area contributed by atoms with E-state index in [1.54, 1.807) is 7.05 Å². The SMILES string of the molecule is C=C(CCC(C)C)C(O)N(CC(=O)NC)CC1(C)CCC(C=C(C)C)(c2ccccc2)CC1. The lowest BCUT2D eigenvalue weighted by Gasteiger charge is -2.47. The van der Waals surface area contributed by atoms with Crippen molar-refractivity contribution in [3.63, 3.8) is 0 Å². The highest BCUT2D eigenvalue weighted by Gasteiger charge is 2.41. The van der Waals surface area contributed by atoms with Gasteiger partial charge in [0.1, 0.15) is 6.23 Å². The van der Waals surface area contributed by atoms with Crippen LogP contribution >= 0.6 is 0 Å². The van der Waals surface area contributed by atoms with E-state index in [1.807, 2.05) is 4.90 Å². The molecule has 0 aromatic heterocycles. The maximum absolute atomic E-state index is 12.3. The van der Waals surface area contributed by atoms with E-state index >= 15 is 0 Å². The van der Waals surface area contributed by atoms with Crippen molar-refractivity contribution < 1.29 is 9.90 Å². The van der Waals surface area contributed by atoms with Crippen LogP contribution in [0.4, 0.5) is 0 Å². The first-order chi connectivity index (χ1) is 15.5. The van der Waals surface area contributed by atoms with Crippen LogP contribution in [-0.2, 0) is 10.2 Å². The van der Waals surface area contributed by atoms with Crippen LogP contribution < -0.4 is 5.32 Å². The number of rotatable bonds is 11. The fourth-order valence-corrected chi connectivity index (χ4v) is 5.14. The first-order valence-electron chi connectivity index (χ1n) is 12.5. The van der Waals surface area contributed by atoms with Gasteiger partial charge in [-0.3, -0.25) is 9.69 Å². The van der Waals surface area contributed by atoms with Crippen molar-refractivity contribution in [2.24, 2.45) is 11.3 Å². The highest BCUT2D eigenvalue weighted by atomic mass is 16.3. The molecule has 1 aromatic carbocycles. The number of aliphatic hydroxyl groups is 1. The summed E-state index contributed by atoms with van der Waals surface area (Å²) in [4.78, 5) is 14.2. The molecule has 4 nitrogen and oxygen atoms in total. The maximum Gasteiger partial charge on any atom is 0.234 e. The van der Waals surface area contributed by atoms with E-state index in [0.29, 0.717) is 12.5 Å². The van der Waals surface area contributed by atoms with Crippen molar-refractivity contribution in [1.29, 1.82) is 0 Å². The minimum Gasteiger partial charge on any atom is -0.374 e. The number of carbonyl (C=O) groups is 1. The predicted molar refractivity (Wildman–Crippen MR) is 139 cm³/mol. The minimum absolute atomic E-state index is 0.0289. The van der Waals surface area contributed by atoms with Gasteiger partial charge in [0.05, 0.1) is 6.54 Å². The Labute approximate surface area is 202 Å². The molecule has 0 saturated heterocycles. The molecule has 1 aromatic rings. The summed E-state index contributed by atoms with van der Waals surface area (Å²) in [7, 11) is 1.65. The number of benzene rings is 1. The van der Waals surface area contributed by atoms with Gasteiger partial charge in [0.15, 0.2) is 0 Å². The molecule has 33 heavy (non-hydrogen) atoms. The lowest BCUT2D eigenvalue weighted by molar-refractivity contribution is -0.125. The Hall–Kier alpha value is -1.91. The fraction of sp³-hybridized carbons (Fsp3) is 0.621. The van der Waals surface area contributed by atoms with Crippen molar-refractivity contribution in [2.45, 2.75) is 84.8 Å². The number of nitrogens with one attached hydrogen (secondary N) is 1. The van der Waals surface area contributed by atoms with E-state index in [-0.39, 0.29) is 23.3 Å². The molecule has 2 rings (SSSR count). The van der Waals surface area contributed by atoms with E-state index in [0.717, 1.165) is 44.1 Å². The molecule has 4 heteroatoms. The molecule has 1 amide bonds. The van der Waals surface area contributed by atoms with Crippen LogP contribution in [0.15, 0.2) is 54.1 Å². The van der Waals surface area contributed by atoms with Crippen molar-refractivity contribution in [3.05, 3.63) is 59.7 Å². The summed E-state index contributed by atoms with van der Waals surface area (Å²) in [6.45, 7) is 16.1. The Morgan fingerprint density at radius 1 is 1.18 bits per heavy atom. The Morgan fingerprint density at radius 2 is 1.79 bits per heavy atom. The second-order valence-corrected chi connectivity index (χ2v) is 11.1. The van der Waals surface area contributed by atoms with Gasteiger partial charge in [-0.15, -0.1) is 0 Å². The number of carbonyl (C=O) groups excluding carboxylic acids is 1. The van der Waals surface area contributed by atoms with Gasteiger partial charge in [-0.2, -0.15) is 0 Å². The van der Waals surface area contributed by atoms with Crippen LogP contribution in [0.5, 0.6) is 0 Å². The molecule has 1 aliphatic rings. The number of likely N-dealkylation sites (N-methyl/N-ethyl adjacent to an activating group) is 1. The van der Waals surface area contributed by atoms with Gasteiger partial charge in [0, 0.05) is 19.0 Å². The molecule has 0 heterocycles. The van der Waals surface area contributed by atoms with Crippen LogP contribution in [0, 0.1) is 11.3 Å². The number of allylic oxidation sites excluding steroid dienone is 2. The molecule has 184 valence electrons. The summed E-state index contributed by atoms with van der Waals surface area (Å²) in [5, 5.41) is 13.8. The number of hydrogen-bond donors (Lipinski definition) is 2.